The minimum atomic E-state index is -3.40. The molecular weight excluding hydrogens is 496 g/mol. The normalized spacial score (nSPS) is 16.3. The van der Waals surface area contributed by atoms with Gasteiger partial charge in [0.05, 0.1) is 5.75 Å². The van der Waals surface area contributed by atoms with Crippen molar-refractivity contribution >= 4 is 60.1 Å². The molecule has 0 radical (unpaired) electrons. The third-order valence-corrected chi connectivity index (χ3v) is 8.76. The highest BCUT2D eigenvalue weighted by Gasteiger charge is 2.31. The van der Waals surface area contributed by atoms with E-state index in [1.807, 2.05) is 12.1 Å². The maximum atomic E-state index is 12.7. The summed E-state index contributed by atoms with van der Waals surface area (Å²) in [4.78, 5) is 12.5. The molecule has 0 bridgehead atoms. The van der Waals surface area contributed by atoms with Crippen LogP contribution in [0.2, 0.25) is 0 Å². The highest BCUT2D eigenvalue weighted by atomic mass is 79.9. The van der Waals surface area contributed by atoms with Crippen LogP contribution in [-0.4, -0.2) is 47.2 Å². The number of benzene rings is 1. The summed E-state index contributed by atoms with van der Waals surface area (Å²) in [7, 11) is -3.40. The summed E-state index contributed by atoms with van der Waals surface area (Å²) in [6.45, 7) is 4.84. The number of aromatic nitrogens is 2. The van der Waals surface area contributed by atoms with E-state index in [1.54, 1.807) is 23.9 Å². The Labute approximate surface area is 187 Å². The second-order valence-corrected chi connectivity index (χ2v) is 12.8. The van der Waals surface area contributed by atoms with Crippen molar-refractivity contribution < 1.29 is 13.2 Å². The fourth-order valence-corrected chi connectivity index (χ4v) is 6.80. The topological polar surface area (TPSA) is 92.3 Å². The molecule has 0 aliphatic carbocycles. The first-order valence-electron chi connectivity index (χ1n) is 9.26. The van der Waals surface area contributed by atoms with Gasteiger partial charge in [-0.3, -0.25) is 4.79 Å². The molecule has 1 saturated heterocycles. The van der Waals surface area contributed by atoms with Crippen molar-refractivity contribution in [3.8, 4) is 0 Å². The number of rotatable bonds is 7. The summed E-state index contributed by atoms with van der Waals surface area (Å²) in [5.74, 6) is -0.371. The van der Waals surface area contributed by atoms with Crippen LogP contribution in [0.3, 0.4) is 0 Å². The van der Waals surface area contributed by atoms with Crippen LogP contribution in [0.4, 0.5) is 5.13 Å². The lowest BCUT2D eigenvalue weighted by Gasteiger charge is -2.30. The molecule has 11 heteroatoms. The highest BCUT2D eigenvalue weighted by Crippen LogP contribution is 2.29. The number of anilines is 1. The van der Waals surface area contributed by atoms with E-state index < -0.39 is 10.0 Å². The molecule has 0 unspecified atom stereocenters. The van der Waals surface area contributed by atoms with Crippen molar-refractivity contribution in [2.75, 3.05) is 18.4 Å². The first kappa shape index (κ1) is 22.7. The molecular formula is C18H23BrN4O3S3. The van der Waals surface area contributed by atoms with E-state index in [0.29, 0.717) is 36.3 Å². The van der Waals surface area contributed by atoms with E-state index >= 15 is 0 Å². The van der Waals surface area contributed by atoms with Crippen LogP contribution in [0.1, 0.15) is 32.3 Å². The third-order valence-electron chi connectivity index (χ3n) is 4.45. The number of hydrogen-bond acceptors (Lipinski definition) is 7. The molecule has 0 atom stereocenters. The molecule has 29 heavy (non-hydrogen) atoms. The minimum absolute atomic E-state index is 0.0295. The number of hydrogen-bond donors (Lipinski definition) is 1. The molecule has 1 aromatic carbocycles. The van der Waals surface area contributed by atoms with Crippen LogP contribution in [0.25, 0.3) is 0 Å². The molecule has 1 aliphatic heterocycles. The first-order chi connectivity index (χ1) is 13.7. The molecule has 1 fully saturated rings. The molecule has 1 N–H and O–H groups in total. The number of sulfonamides is 1. The van der Waals surface area contributed by atoms with Crippen molar-refractivity contribution in [3.05, 3.63) is 34.3 Å². The Morgan fingerprint density at radius 2 is 1.93 bits per heavy atom. The molecule has 158 valence electrons. The lowest BCUT2D eigenvalue weighted by Crippen LogP contribution is -2.41. The second kappa shape index (κ2) is 9.86. The molecule has 2 heterocycles. The summed E-state index contributed by atoms with van der Waals surface area (Å²) in [6, 6.07) is 7.27. The number of carbonyl (C=O) groups excluding carboxylic acids is 1. The van der Waals surface area contributed by atoms with Gasteiger partial charge in [0.2, 0.25) is 21.1 Å². The van der Waals surface area contributed by atoms with E-state index in [1.165, 1.54) is 15.6 Å². The lowest BCUT2D eigenvalue weighted by atomic mass is 9.97. The molecule has 0 saturated carbocycles. The minimum Gasteiger partial charge on any atom is -0.300 e. The van der Waals surface area contributed by atoms with Gasteiger partial charge in [-0.05, 0) is 30.5 Å². The Hall–Kier alpha value is -1.01. The predicted molar refractivity (Wildman–Crippen MR) is 121 cm³/mol. The van der Waals surface area contributed by atoms with Crippen molar-refractivity contribution in [1.29, 1.82) is 0 Å². The number of piperidine rings is 1. The molecule has 7 nitrogen and oxygen atoms in total. The fraction of sp³-hybridized carbons (Fsp3) is 0.500. The van der Waals surface area contributed by atoms with E-state index in [2.05, 4.69) is 45.3 Å². The van der Waals surface area contributed by atoms with Gasteiger partial charge >= 0.3 is 0 Å². The van der Waals surface area contributed by atoms with Gasteiger partial charge in [-0.25, -0.2) is 12.7 Å². The maximum absolute atomic E-state index is 12.7. The fourth-order valence-electron chi connectivity index (χ4n) is 3.00. The number of amides is 1. The number of nitrogens with one attached hydrogen (secondary N) is 1. The highest BCUT2D eigenvalue weighted by molar-refractivity contribution is 9.10. The molecule has 2 aromatic rings. The van der Waals surface area contributed by atoms with Gasteiger partial charge in [0.15, 0.2) is 4.34 Å². The van der Waals surface area contributed by atoms with Crippen LogP contribution in [0.15, 0.2) is 33.1 Å². The van der Waals surface area contributed by atoms with Crippen molar-refractivity contribution in [1.82, 2.24) is 14.5 Å². The number of nitrogens with zero attached hydrogens (tertiary/aromatic N) is 3. The Bertz CT molecular complexity index is 940. The maximum Gasteiger partial charge on any atom is 0.229 e. The van der Waals surface area contributed by atoms with Gasteiger partial charge in [0.1, 0.15) is 0 Å². The van der Waals surface area contributed by atoms with E-state index in [-0.39, 0.29) is 17.6 Å². The zero-order valence-electron chi connectivity index (χ0n) is 16.2. The predicted octanol–water partition coefficient (Wildman–Crippen LogP) is 3.98. The van der Waals surface area contributed by atoms with Crippen LogP contribution >= 0.6 is 39.0 Å². The lowest BCUT2D eigenvalue weighted by molar-refractivity contribution is -0.120. The van der Waals surface area contributed by atoms with Crippen molar-refractivity contribution in [2.24, 2.45) is 5.92 Å². The van der Waals surface area contributed by atoms with Crippen LogP contribution in [0.5, 0.6) is 0 Å². The van der Waals surface area contributed by atoms with Gasteiger partial charge in [-0.15, -0.1) is 10.2 Å². The summed E-state index contributed by atoms with van der Waals surface area (Å²) < 4.78 is 28.6. The second-order valence-electron chi connectivity index (χ2n) is 7.08. The average molecular weight is 520 g/mol. The average Bonchev–Trinajstić information content (AvgIpc) is 3.09. The van der Waals surface area contributed by atoms with E-state index in [0.717, 1.165) is 14.4 Å². The number of halogens is 1. The van der Waals surface area contributed by atoms with Crippen LogP contribution < -0.4 is 5.32 Å². The Balaban J connectivity index is 1.52. The van der Waals surface area contributed by atoms with Gasteiger partial charge in [-0.2, -0.15) is 0 Å². The van der Waals surface area contributed by atoms with Gasteiger partial charge < -0.3 is 5.32 Å². The van der Waals surface area contributed by atoms with Crippen LogP contribution in [-0.2, 0) is 20.6 Å². The van der Waals surface area contributed by atoms with Gasteiger partial charge in [0.25, 0.3) is 0 Å². The van der Waals surface area contributed by atoms with Crippen molar-refractivity contribution in [3.63, 3.8) is 0 Å². The SMILES string of the molecule is CC(C)Sc1nnc(NC(=O)C2CCN(S(=O)(=O)Cc3ccc(Br)cc3)CC2)s1. The van der Waals surface area contributed by atoms with Crippen LogP contribution in [0, 0.1) is 5.92 Å². The van der Waals surface area contributed by atoms with Gasteiger partial charge in [-0.1, -0.05) is 65.0 Å². The number of carbonyl (C=O) groups is 1. The first-order valence-corrected chi connectivity index (χ1v) is 13.4. The zero-order chi connectivity index (χ0) is 21.0. The van der Waals surface area contributed by atoms with E-state index in [4.69, 9.17) is 0 Å². The Kier molecular flexibility index (Phi) is 7.71. The quantitative estimate of drug-likeness (QED) is 0.440. The Morgan fingerprint density at radius 1 is 1.28 bits per heavy atom. The monoisotopic (exact) mass is 518 g/mol. The summed E-state index contributed by atoms with van der Waals surface area (Å²) >= 11 is 6.31. The molecule has 1 aromatic heterocycles. The zero-order valence-corrected chi connectivity index (χ0v) is 20.2. The smallest absolute Gasteiger partial charge is 0.229 e. The number of thioether (sulfide) groups is 1. The van der Waals surface area contributed by atoms with Gasteiger partial charge in [0, 0.05) is 28.7 Å². The summed E-state index contributed by atoms with van der Waals surface area (Å²) in [5, 5.41) is 11.8. The van der Waals surface area contributed by atoms with Crippen molar-refractivity contribution in [2.45, 2.75) is 42.0 Å². The summed E-state index contributed by atoms with van der Waals surface area (Å²) in [6.07, 6.45) is 0.996. The standard InChI is InChI=1S/C18H23BrN4O3S3/c1-12(2)27-18-22-21-17(28-18)20-16(24)14-7-9-23(10-8-14)29(25,26)11-13-3-5-15(19)6-4-13/h3-6,12,14H,7-11H2,1-2H3,(H,20,21,24). The summed E-state index contributed by atoms with van der Waals surface area (Å²) in [5.41, 5.74) is 0.749. The largest absolute Gasteiger partial charge is 0.300 e. The third kappa shape index (κ3) is 6.48. The molecule has 1 aliphatic rings. The molecule has 3 rings (SSSR count). The molecule has 0 spiro atoms. The molecule has 1 amide bonds. The van der Waals surface area contributed by atoms with E-state index in [9.17, 15) is 13.2 Å². The Morgan fingerprint density at radius 3 is 2.55 bits per heavy atom.